The second-order valence-corrected chi connectivity index (χ2v) is 12.0. The molecule has 0 radical (unpaired) electrons. The lowest BCUT2D eigenvalue weighted by Crippen LogP contribution is -2.31. The third kappa shape index (κ3) is 5.22. The summed E-state index contributed by atoms with van der Waals surface area (Å²) in [4.78, 5) is 21.9. The van der Waals surface area contributed by atoms with Crippen molar-refractivity contribution in [3.8, 4) is 11.4 Å². The first-order valence-corrected chi connectivity index (χ1v) is 14.3. The Morgan fingerprint density at radius 3 is 2.76 bits per heavy atom. The fourth-order valence-corrected chi connectivity index (χ4v) is 7.01. The minimum atomic E-state index is -3.81. The molecule has 38 heavy (non-hydrogen) atoms. The van der Waals surface area contributed by atoms with Gasteiger partial charge in [-0.1, -0.05) is 35.3 Å². The first-order valence-electron chi connectivity index (χ1n) is 11.9. The number of hydrogen-bond donors (Lipinski definition) is 1. The van der Waals surface area contributed by atoms with E-state index in [4.69, 9.17) is 33.7 Å². The molecule has 1 fully saturated rings. The monoisotopic (exact) mass is 573 g/mol. The molecule has 2 aromatic heterocycles. The van der Waals surface area contributed by atoms with Gasteiger partial charge in [0.15, 0.2) is 9.84 Å². The summed E-state index contributed by atoms with van der Waals surface area (Å²) in [5, 5.41) is 1.15. The Kier molecular flexibility index (Phi) is 7.32. The maximum atomic E-state index is 13.2. The van der Waals surface area contributed by atoms with Crippen LogP contribution in [0.25, 0.3) is 16.6 Å². The van der Waals surface area contributed by atoms with Gasteiger partial charge in [0.1, 0.15) is 23.7 Å². The summed E-state index contributed by atoms with van der Waals surface area (Å²) < 4.78 is 34.5. The lowest BCUT2D eigenvalue weighted by molar-refractivity contribution is -0.121. The van der Waals surface area contributed by atoms with Gasteiger partial charge in [-0.3, -0.25) is 9.69 Å². The highest BCUT2D eigenvalue weighted by Crippen LogP contribution is 2.35. The van der Waals surface area contributed by atoms with Crippen molar-refractivity contribution in [2.24, 2.45) is 11.7 Å². The number of aryl methyl sites for hydroxylation is 1. The zero-order valence-electron chi connectivity index (χ0n) is 20.5. The van der Waals surface area contributed by atoms with E-state index in [1.807, 2.05) is 35.9 Å². The maximum Gasteiger partial charge on any atom is 0.221 e. The molecule has 1 aliphatic heterocycles. The normalized spacial score (nSPS) is 16.2. The van der Waals surface area contributed by atoms with Crippen LogP contribution in [0.1, 0.15) is 17.7 Å². The zero-order chi connectivity index (χ0) is 27.0. The first kappa shape index (κ1) is 26.4. The van der Waals surface area contributed by atoms with Gasteiger partial charge in [-0.15, -0.1) is 0 Å². The Hall–Kier alpha value is -3.18. The van der Waals surface area contributed by atoms with Crippen LogP contribution >= 0.6 is 23.2 Å². The molecule has 0 bridgehead atoms. The number of imidazole rings is 1. The van der Waals surface area contributed by atoms with Crippen LogP contribution in [0.2, 0.25) is 10.0 Å². The number of para-hydroxylation sites is 1. The maximum absolute atomic E-state index is 13.2. The van der Waals surface area contributed by atoms with Gasteiger partial charge in [0.05, 0.1) is 27.9 Å². The molecule has 9 nitrogen and oxygen atoms in total. The molecule has 1 saturated heterocycles. The van der Waals surface area contributed by atoms with Gasteiger partial charge >= 0.3 is 0 Å². The van der Waals surface area contributed by atoms with Gasteiger partial charge in [-0.2, -0.15) is 0 Å². The van der Waals surface area contributed by atoms with E-state index in [0.29, 0.717) is 36.3 Å². The number of nitrogens with two attached hydrogens (primary N) is 1. The number of primary amides is 1. The molecule has 3 heterocycles. The summed E-state index contributed by atoms with van der Waals surface area (Å²) in [5.41, 5.74) is 8.07. The highest BCUT2D eigenvalue weighted by Gasteiger charge is 2.31. The van der Waals surface area contributed by atoms with Crippen molar-refractivity contribution in [2.45, 2.75) is 24.8 Å². The second-order valence-electron chi connectivity index (χ2n) is 9.24. The highest BCUT2D eigenvalue weighted by atomic mass is 35.5. The van der Waals surface area contributed by atoms with Crippen LogP contribution in [0.3, 0.4) is 0 Å². The number of carbonyl (C=O) groups excluding carboxylic acids is 1. The number of likely N-dealkylation sites (tertiary alicyclic amines) is 1. The van der Waals surface area contributed by atoms with Crippen LogP contribution in [0.15, 0.2) is 60.0 Å². The molecule has 1 unspecified atom stereocenters. The van der Waals surface area contributed by atoms with Crippen LogP contribution in [0.4, 0.5) is 0 Å². The Labute approximate surface area is 230 Å². The van der Waals surface area contributed by atoms with Crippen molar-refractivity contribution >= 4 is 49.8 Å². The lowest BCUT2D eigenvalue weighted by Gasteiger charge is -2.18. The van der Waals surface area contributed by atoms with Gasteiger partial charge in [0, 0.05) is 40.6 Å². The number of sulfone groups is 1. The van der Waals surface area contributed by atoms with Crippen molar-refractivity contribution in [3.05, 3.63) is 76.4 Å². The predicted octanol–water partition coefficient (Wildman–Crippen LogP) is 4.15. The number of pyridine rings is 1. The van der Waals surface area contributed by atoms with E-state index in [0.717, 1.165) is 16.8 Å². The summed E-state index contributed by atoms with van der Waals surface area (Å²) in [7, 11) is -3.81. The van der Waals surface area contributed by atoms with E-state index in [1.54, 1.807) is 23.5 Å². The molecule has 0 saturated carbocycles. The van der Waals surface area contributed by atoms with Gasteiger partial charge in [0.25, 0.3) is 0 Å². The fraction of sp³-hybridized carbons (Fsp3) is 0.269. The number of aromatic nitrogens is 3. The van der Waals surface area contributed by atoms with Crippen molar-refractivity contribution in [1.29, 1.82) is 0 Å². The number of halogens is 2. The number of fused-ring (bicyclic) bond motifs is 1. The molecule has 4 aromatic rings. The van der Waals surface area contributed by atoms with Crippen molar-refractivity contribution < 1.29 is 17.9 Å². The van der Waals surface area contributed by atoms with E-state index in [9.17, 15) is 13.2 Å². The first-order chi connectivity index (χ1) is 18.1. The molecule has 5 rings (SSSR count). The van der Waals surface area contributed by atoms with E-state index >= 15 is 0 Å². The van der Waals surface area contributed by atoms with E-state index in [1.165, 1.54) is 12.1 Å². The number of carbonyl (C=O) groups is 1. The summed E-state index contributed by atoms with van der Waals surface area (Å²) in [6, 6.07) is 10.4. The SMILES string of the molecule is Cc1cc(-n2ccnc2)c2cccc(OCc3c(Cl)ccc(S(=O)(=O)CN4CCC(C(N)=O)C4)c3Cl)c2n1. The van der Waals surface area contributed by atoms with Crippen molar-refractivity contribution in [3.63, 3.8) is 0 Å². The molecular formula is C26H25Cl2N5O4S. The Morgan fingerprint density at radius 1 is 1.24 bits per heavy atom. The molecule has 1 amide bonds. The van der Waals surface area contributed by atoms with Crippen LogP contribution in [0.5, 0.6) is 5.75 Å². The van der Waals surface area contributed by atoms with E-state index in [-0.39, 0.29) is 33.3 Å². The summed E-state index contributed by atoms with van der Waals surface area (Å²) in [6.07, 6.45) is 5.79. The number of nitrogens with zero attached hydrogens (tertiary/aromatic N) is 4. The third-order valence-corrected chi connectivity index (χ3v) is 9.19. The largest absolute Gasteiger partial charge is 0.487 e. The molecular weight excluding hydrogens is 549 g/mol. The van der Waals surface area contributed by atoms with Crippen molar-refractivity contribution in [1.82, 2.24) is 19.4 Å². The minimum absolute atomic E-state index is 0.00614. The number of amides is 1. The molecule has 2 N–H and O–H groups in total. The number of ether oxygens (including phenoxy) is 1. The summed E-state index contributed by atoms with van der Waals surface area (Å²) in [5.74, 6) is -0.559. The Balaban J connectivity index is 1.42. The average molecular weight is 574 g/mol. The topological polar surface area (TPSA) is 120 Å². The number of rotatable bonds is 8. The zero-order valence-corrected chi connectivity index (χ0v) is 22.8. The highest BCUT2D eigenvalue weighted by molar-refractivity contribution is 7.91. The quantitative estimate of drug-likeness (QED) is 0.336. The van der Waals surface area contributed by atoms with E-state index in [2.05, 4.69) is 9.97 Å². The van der Waals surface area contributed by atoms with Crippen LogP contribution in [0, 0.1) is 12.8 Å². The minimum Gasteiger partial charge on any atom is -0.487 e. The molecule has 2 aromatic carbocycles. The number of benzene rings is 2. The fourth-order valence-electron chi connectivity index (χ4n) is 4.65. The van der Waals surface area contributed by atoms with Gasteiger partial charge in [-0.05, 0) is 44.2 Å². The standard InChI is InChI=1S/C26H25Cl2N5O4S/c1-16-11-21(33-10-8-30-14-33)18-3-2-4-22(25(18)31-16)37-13-19-20(27)5-6-23(24(19)28)38(35,36)15-32-9-7-17(12-32)26(29)34/h2-6,8,10-11,14,17H,7,9,12-13,15H2,1H3,(H2,29,34). The van der Waals surface area contributed by atoms with Gasteiger partial charge in [-0.25, -0.2) is 18.4 Å². The van der Waals surface area contributed by atoms with Gasteiger partial charge < -0.3 is 15.0 Å². The van der Waals surface area contributed by atoms with Crippen LogP contribution in [-0.2, 0) is 21.2 Å². The van der Waals surface area contributed by atoms with Crippen LogP contribution < -0.4 is 10.5 Å². The molecule has 0 aliphatic carbocycles. The summed E-state index contributed by atoms with van der Waals surface area (Å²) in [6.45, 7) is 2.58. The Morgan fingerprint density at radius 2 is 2.05 bits per heavy atom. The molecule has 1 atom stereocenters. The smallest absolute Gasteiger partial charge is 0.221 e. The molecule has 1 aliphatic rings. The van der Waals surface area contributed by atoms with Gasteiger partial charge in [0.2, 0.25) is 5.91 Å². The summed E-state index contributed by atoms with van der Waals surface area (Å²) >= 11 is 13.0. The molecule has 12 heteroatoms. The average Bonchev–Trinajstić information content (AvgIpc) is 3.56. The number of hydrogen-bond acceptors (Lipinski definition) is 7. The predicted molar refractivity (Wildman–Crippen MR) is 145 cm³/mol. The molecule has 198 valence electrons. The Bertz CT molecular complexity index is 1630. The lowest BCUT2D eigenvalue weighted by atomic mass is 10.1. The van der Waals surface area contributed by atoms with Crippen LogP contribution in [-0.4, -0.2) is 52.7 Å². The molecule has 0 spiro atoms. The van der Waals surface area contributed by atoms with E-state index < -0.39 is 15.7 Å². The van der Waals surface area contributed by atoms with Crippen molar-refractivity contribution in [2.75, 3.05) is 19.0 Å². The third-order valence-electron chi connectivity index (χ3n) is 6.58. The second kappa shape index (κ2) is 10.5.